The van der Waals surface area contributed by atoms with Crippen LogP contribution < -0.4 is 14.8 Å². The Labute approximate surface area is 105 Å². The summed E-state index contributed by atoms with van der Waals surface area (Å²) >= 11 is 0. The van der Waals surface area contributed by atoms with Crippen molar-refractivity contribution in [1.29, 1.82) is 0 Å². The van der Waals surface area contributed by atoms with Crippen LogP contribution in [0.3, 0.4) is 0 Å². The van der Waals surface area contributed by atoms with E-state index in [0.717, 1.165) is 11.4 Å². The highest BCUT2D eigenvalue weighted by molar-refractivity contribution is 5.91. The second-order valence-corrected chi connectivity index (χ2v) is 4.51. The van der Waals surface area contributed by atoms with Gasteiger partial charge < -0.3 is 19.5 Å². The molecule has 0 radical (unpaired) electrons. The second-order valence-electron chi connectivity index (χ2n) is 4.51. The molecule has 0 atom stereocenters. The predicted molar refractivity (Wildman–Crippen MR) is 65.0 cm³/mol. The summed E-state index contributed by atoms with van der Waals surface area (Å²) in [4.78, 5) is 11.7. The number of rotatable bonds is 3. The molecule has 96 valence electrons. The van der Waals surface area contributed by atoms with Crippen LogP contribution in [-0.2, 0) is 9.53 Å². The lowest BCUT2D eigenvalue weighted by atomic mass is 10.0. The van der Waals surface area contributed by atoms with Crippen LogP contribution in [0.1, 0.15) is 6.42 Å². The van der Waals surface area contributed by atoms with E-state index in [1.54, 1.807) is 6.07 Å². The van der Waals surface area contributed by atoms with Gasteiger partial charge in [-0.2, -0.15) is 0 Å². The van der Waals surface area contributed by atoms with Gasteiger partial charge in [0.1, 0.15) is 13.2 Å². The number of anilines is 1. The summed E-state index contributed by atoms with van der Waals surface area (Å²) in [5, 5.41) is 2.86. The van der Waals surface area contributed by atoms with Gasteiger partial charge in [-0.3, -0.25) is 4.79 Å². The topological polar surface area (TPSA) is 56.8 Å². The molecule has 0 aliphatic carbocycles. The van der Waals surface area contributed by atoms with E-state index in [9.17, 15) is 4.79 Å². The molecule has 3 rings (SSSR count). The zero-order chi connectivity index (χ0) is 12.4. The summed E-state index contributed by atoms with van der Waals surface area (Å²) in [6.45, 7) is 2.49. The monoisotopic (exact) mass is 249 g/mol. The largest absolute Gasteiger partial charge is 0.486 e. The van der Waals surface area contributed by atoms with Gasteiger partial charge in [-0.05, 0) is 12.1 Å². The Balaban J connectivity index is 1.63. The molecular weight excluding hydrogens is 234 g/mol. The third-order valence-electron chi connectivity index (χ3n) is 3.01. The molecule has 1 N–H and O–H groups in total. The van der Waals surface area contributed by atoms with Crippen LogP contribution in [0.5, 0.6) is 11.5 Å². The Kier molecular flexibility index (Phi) is 3.06. The lowest BCUT2D eigenvalue weighted by Crippen LogP contribution is -2.31. The lowest BCUT2D eigenvalue weighted by molar-refractivity contribution is -0.121. The molecule has 1 fully saturated rings. The summed E-state index contributed by atoms with van der Waals surface area (Å²) in [5.41, 5.74) is 0.740. The number of benzene rings is 1. The molecule has 0 bridgehead atoms. The first-order valence-corrected chi connectivity index (χ1v) is 6.08. The van der Waals surface area contributed by atoms with Crippen LogP contribution in [0.2, 0.25) is 0 Å². The van der Waals surface area contributed by atoms with E-state index >= 15 is 0 Å². The number of amides is 1. The Morgan fingerprint density at radius 2 is 2.00 bits per heavy atom. The van der Waals surface area contributed by atoms with E-state index in [0.29, 0.717) is 44.5 Å². The molecule has 0 unspecified atom stereocenters. The minimum atomic E-state index is 0.0139. The number of ether oxygens (including phenoxy) is 3. The van der Waals surface area contributed by atoms with Crippen molar-refractivity contribution in [3.05, 3.63) is 18.2 Å². The minimum Gasteiger partial charge on any atom is -0.486 e. The van der Waals surface area contributed by atoms with Gasteiger partial charge in [-0.25, -0.2) is 0 Å². The van der Waals surface area contributed by atoms with Crippen LogP contribution in [0, 0.1) is 5.92 Å². The number of nitrogens with one attached hydrogen (secondary N) is 1. The van der Waals surface area contributed by atoms with Crippen molar-refractivity contribution in [2.24, 2.45) is 5.92 Å². The van der Waals surface area contributed by atoms with Gasteiger partial charge in [-0.1, -0.05) is 0 Å². The number of hydrogen-bond acceptors (Lipinski definition) is 4. The Hall–Kier alpha value is -1.75. The molecule has 5 nitrogen and oxygen atoms in total. The summed E-state index contributed by atoms with van der Waals surface area (Å²) in [7, 11) is 0. The highest BCUT2D eigenvalue weighted by Crippen LogP contribution is 2.32. The fourth-order valence-corrected chi connectivity index (χ4v) is 2.00. The Morgan fingerprint density at radius 1 is 1.22 bits per heavy atom. The molecule has 2 aliphatic heterocycles. The van der Waals surface area contributed by atoms with Crippen molar-refractivity contribution >= 4 is 11.6 Å². The van der Waals surface area contributed by atoms with E-state index in [1.807, 2.05) is 12.1 Å². The molecule has 1 saturated heterocycles. The summed E-state index contributed by atoms with van der Waals surface area (Å²) in [6, 6.07) is 5.43. The average Bonchev–Trinajstić information content (AvgIpc) is 2.34. The third-order valence-corrected chi connectivity index (χ3v) is 3.01. The van der Waals surface area contributed by atoms with E-state index in [4.69, 9.17) is 14.2 Å². The van der Waals surface area contributed by atoms with Crippen molar-refractivity contribution < 1.29 is 19.0 Å². The van der Waals surface area contributed by atoms with Gasteiger partial charge >= 0.3 is 0 Å². The van der Waals surface area contributed by atoms with Crippen LogP contribution >= 0.6 is 0 Å². The summed E-state index contributed by atoms with van der Waals surface area (Å²) in [6.07, 6.45) is 0.508. The number of hydrogen-bond donors (Lipinski definition) is 1. The highest BCUT2D eigenvalue weighted by atomic mass is 16.6. The average molecular weight is 249 g/mol. The maximum atomic E-state index is 11.7. The van der Waals surface area contributed by atoms with Crippen molar-refractivity contribution in [2.45, 2.75) is 6.42 Å². The van der Waals surface area contributed by atoms with E-state index in [1.165, 1.54) is 0 Å². The first-order valence-electron chi connectivity index (χ1n) is 6.08. The van der Waals surface area contributed by atoms with E-state index in [2.05, 4.69) is 5.32 Å². The maximum absolute atomic E-state index is 11.7. The molecule has 18 heavy (non-hydrogen) atoms. The number of carbonyl (C=O) groups is 1. The van der Waals surface area contributed by atoms with Gasteiger partial charge in [0, 0.05) is 24.1 Å². The smallest absolute Gasteiger partial charge is 0.224 e. The SMILES string of the molecule is O=C(CC1COC1)Nc1ccc2c(c1)OCCO2. The van der Waals surface area contributed by atoms with Crippen molar-refractivity contribution in [3.8, 4) is 11.5 Å². The molecule has 1 aromatic rings. The van der Waals surface area contributed by atoms with Crippen molar-refractivity contribution in [3.63, 3.8) is 0 Å². The zero-order valence-electron chi connectivity index (χ0n) is 9.98. The molecular formula is C13H15NO4. The molecule has 5 heteroatoms. The molecule has 2 aliphatic rings. The standard InChI is InChI=1S/C13H15NO4/c15-13(5-9-7-16-8-9)14-10-1-2-11-12(6-10)18-4-3-17-11/h1-2,6,9H,3-5,7-8H2,(H,14,15). The first-order chi connectivity index (χ1) is 8.81. The quantitative estimate of drug-likeness (QED) is 0.880. The van der Waals surface area contributed by atoms with E-state index in [-0.39, 0.29) is 5.91 Å². The first kappa shape index (κ1) is 11.3. The summed E-state index contributed by atoms with van der Waals surface area (Å²) < 4.78 is 15.9. The van der Waals surface area contributed by atoms with Gasteiger partial charge in [0.25, 0.3) is 0 Å². The van der Waals surface area contributed by atoms with Gasteiger partial charge in [0.15, 0.2) is 11.5 Å². The number of carbonyl (C=O) groups excluding carboxylic acids is 1. The Morgan fingerprint density at radius 3 is 2.72 bits per heavy atom. The zero-order valence-corrected chi connectivity index (χ0v) is 9.98. The second kappa shape index (κ2) is 4.86. The third kappa shape index (κ3) is 2.41. The minimum absolute atomic E-state index is 0.0139. The van der Waals surface area contributed by atoms with Crippen molar-refractivity contribution in [2.75, 3.05) is 31.7 Å². The maximum Gasteiger partial charge on any atom is 0.224 e. The van der Waals surface area contributed by atoms with Crippen LogP contribution in [-0.4, -0.2) is 32.3 Å². The number of fused-ring (bicyclic) bond motifs is 1. The molecule has 1 amide bonds. The van der Waals surface area contributed by atoms with Crippen LogP contribution in [0.4, 0.5) is 5.69 Å². The molecule has 0 aromatic heterocycles. The van der Waals surface area contributed by atoms with Gasteiger partial charge in [0.05, 0.1) is 13.2 Å². The van der Waals surface area contributed by atoms with Crippen LogP contribution in [0.25, 0.3) is 0 Å². The molecule has 0 spiro atoms. The summed E-state index contributed by atoms with van der Waals surface area (Å²) in [5.74, 6) is 1.79. The predicted octanol–water partition coefficient (Wildman–Crippen LogP) is 1.43. The van der Waals surface area contributed by atoms with E-state index < -0.39 is 0 Å². The molecule has 0 saturated carbocycles. The fraction of sp³-hybridized carbons (Fsp3) is 0.462. The highest BCUT2D eigenvalue weighted by Gasteiger charge is 2.22. The van der Waals surface area contributed by atoms with Crippen LogP contribution in [0.15, 0.2) is 18.2 Å². The van der Waals surface area contributed by atoms with Crippen molar-refractivity contribution in [1.82, 2.24) is 0 Å². The van der Waals surface area contributed by atoms with Gasteiger partial charge in [0.2, 0.25) is 5.91 Å². The molecule has 1 aromatic carbocycles. The fourth-order valence-electron chi connectivity index (χ4n) is 2.00. The Bertz CT molecular complexity index is 456. The molecule has 2 heterocycles. The van der Waals surface area contributed by atoms with Gasteiger partial charge in [-0.15, -0.1) is 0 Å². The normalized spacial score (nSPS) is 18.0. The lowest BCUT2D eigenvalue weighted by Gasteiger charge is -2.25.